The van der Waals surface area contributed by atoms with Gasteiger partial charge in [0.2, 0.25) is 5.91 Å². The van der Waals surface area contributed by atoms with E-state index in [1.54, 1.807) is 7.11 Å². The van der Waals surface area contributed by atoms with Crippen molar-refractivity contribution in [2.45, 2.75) is 19.9 Å². The van der Waals surface area contributed by atoms with Crippen molar-refractivity contribution >= 4 is 17.3 Å². The molecule has 0 saturated carbocycles. The highest BCUT2D eigenvalue weighted by Crippen LogP contribution is 2.26. The number of ether oxygens (including phenoxy) is 1. The maximum atomic E-state index is 12.2. The van der Waals surface area contributed by atoms with Crippen molar-refractivity contribution in [1.29, 1.82) is 0 Å². The van der Waals surface area contributed by atoms with E-state index in [0.717, 1.165) is 22.7 Å². The molecule has 0 bridgehead atoms. The van der Waals surface area contributed by atoms with E-state index in [1.165, 1.54) is 0 Å². The van der Waals surface area contributed by atoms with Crippen molar-refractivity contribution in [3.8, 4) is 5.75 Å². The Labute approximate surface area is 125 Å². The van der Waals surface area contributed by atoms with Crippen LogP contribution in [0.4, 0.5) is 11.4 Å². The van der Waals surface area contributed by atoms with Crippen LogP contribution < -0.4 is 15.4 Å². The minimum absolute atomic E-state index is 0.0928. The molecule has 2 N–H and O–H groups in total. The normalized spacial score (nSPS) is 11.6. The first-order chi connectivity index (χ1) is 10.1. The van der Waals surface area contributed by atoms with Gasteiger partial charge in [0.15, 0.2) is 0 Å². The molecule has 2 aromatic rings. The third-order valence-electron chi connectivity index (χ3n) is 3.16. The molecular formula is C17H20N2O2. The lowest BCUT2D eigenvalue weighted by atomic mass is 10.2. The first kappa shape index (κ1) is 14.9. The fourth-order valence-corrected chi connectivity index (χ4v) is 2.01. The number of nitrogens with one attached hydrogen (secondary N) is 2. The zero-order chi connectivity index (χ0) is 15.2. The Morgan fingerprint density at radius 2 is 1.86 bits per heavy atom. The topological polar surface area (TPSA) is 50.4 Å². The molecule has 2 aromatic carbocycles. The molecule has 4 nitrogen and oxygen atoms in total. The van der Waals surface area contributed by atoms with Gasteiger partial charge in [-0.05, 0) is 43.7 Å². The van der Waals surface area contributed by atoms with E-state index < -0.39 is 0 Å². The van der Waals surface area contributed by atoms with Crippen molar-refractivity contribution in [2.75, 3.05) is 17.7 Å². The largest absolute Gasteiger partial charge is 0.495 e. The summed E-state index contributed by atoms with van der Waals surface area (Å²) in [5.74, 6) is 0.629. The number of anilines is 2. The first-order valence-corrected chi connectivity index (χ1v) is 6.87. The predicted octanol–water partition coefficient (Wildman–Crippen LogP) is 3.44. The molecular weight excluding hydrogens is 264 g/mol. The van der Waals surface area contributed by atoms with E-state index in [9.17, 15) is 4.79 Å². The van der Waals surface area contributed by atoms with E-state index in [1.807, 2.05) is 62.4 Å². The van der Waals surface area contributed by atoms with Gasteiger partial charge in [0.05, 0.1) is 12.8 Å². The number of carbonyl (C=O) groups excluding carboxylic acids is 1. The van der Waals surface area contributed by atoms with Gasteiger partial charge in [-0.1, -0.05) is 24.3 Å². The number of hydrogen-bond acceptors (Lipinski definition) is 3. The van der Waals surface area contributed by atoms with Gasteiger partial charge in [0.25, 0.3) is 0 Å². The molecule has 0 aliphatic carbocycles. The fourth-order valence-electron chi connectivity index (χ4n) is 2.01. The van der Waals surface area contributed by atoms with Crippen LogP contribution in [0.2, 0.25) is 0 Å². The van der Waals surface area contributed by atoms with Crippen LogP contribution in [0, 0.1) is 6.92 Å². The summed E-state index contributed by atoms with van der Waals surface area (Å²) in [5, 5.41) is 6.06. The monoisotopic (exact) mass is 284 g/mol. The highest BCUT2D eigenvalue weighted by atomic mass is 16.5. The van der Waals surface area contributed by atoms with Gasteiger partial charge in [-0.3, -0.25) is 4.79 Å². The highest BCUT2D eigenvalue weighted by molar-refractivity contribution is 5.96. The van der Waals surface area contributed by atoms with E-state index >= 15 is 0 Å². The molecule has 0 heterocycles. The number of aryl methyl sites for hydroxylation is 1. The molecule has 1 amide bonds. The Bertz CT molecular complexity index is 611. The molecule has 0 aliphatic heterocycles. The average molecular weight is 284 g/mol. The van der Waals surface area contributed by atoms with Gasteiger partial charge in [0.1, 0.15) is 11.8 Å². The summed E-state index contributed by atoms with van der Waals surface area (Å²) < 4.78 is 5.31. The predicted molar refractivity (Wildman–Crippen MR) is 85.9 cm³/mol. The molecule has 0 radical (unpaired) electrons. The van der Waals surface area contributed by atoms with Gasteiger partial charge in [-0.25, -0.2) is 0 Å². The van der Waals surface area contributed by atoms with Crippen LogP contribution in [-0.4, -0.2) is 19.1 Å². The second-order valence-electron chi connectivity index (χ2n) is 4.93. The molecule has 0 aromatic heterocycles. The third kappa shape index (κ3) is 3.99. The Kier molecular flexibility index (Phi) is 4.82. The maximum absolute atomic E-state index is 12.2. The number of hydrogen-bond donors (Lipinski definition) is 2. The van der Waals surface area contributed by atoms with Crippen LogP contribution in [0.15, 0.2) is 48.5 Å². The molecule has 21 heavy (non-hydrogen) atoms. The van der Waals surface area contributed by atoms with Crippen LogP contribution in [0.5, 0.6) is 5.75 Å². The molecule has 4 heteroatoms. The van der Waals surface area contributed by atoms with Gasteiger partial charge < -0.3 is 15.4 Å². The summed E-state index contributed by atoms with van der Waals surface area (Å²) in [6.07, 6.45) is 0. The summed E-state index contributed by atoms with van der Waals surface area (Å²) in [7, 11) is 1.62. The van der Waals surface area contributed by atoms with Crippen molar-refractivity contribution < 1.29 is 9.53 Å². The fraction of sp³-hybridized carbons (Fsp3) is 0.235. The van der Waals surface area contributed by atoms with Crippen LogP contribution in [-0.2, 0) is 4.79 Å². The Morgan fingerprint density at radius 1 is 1.14 bits per heavy atom. The van der Waals surface area contributed by atoms with E-state index in [0.29, 0.717) is 0 Å². The number of para-hydroxylation sites is 1. The zero-order valence-electron chi connectivity index (χ0n) is 12.5. The Balaban J connectivity index is 2.05. The lowest BCUT2D eigenvalue weighted by molar-refractivity contribution is -0.116. The number of carbonyl (C=O) groups is 1. The lowest BCUT2D eigenvalue weighted by Gasteiger charge is -2.17. The molecule has 0 unspecified atom stereocenters. The summed E-state index contributed by atoms with van der Waals surface area (Å²) in [4.78, 5) is 12.2. The quantitative estimate of drug-likeness (QED) is 0.884. The standard InChI is InChI=1S/C17H20N2O2/c1-12-9-10-16(21-3)15(11-12)18-13(2)17(20)19-14-7-5-4-6-8-14/h4-11,13,18H,1-3H3,(H,19,20)/t13-/m0/s1. The summed E-state index contributed by atoms with van der Waals surface area (Å²) in [6.45, 7) is 3.82. The number of methoxy groups -OCH3 is 1. The minimum atomic E-state index is -0.374. The number of rotatable bonds is 5. The van der Waals surface area contributed by atoms with Crippen molar-refractivity contribution in [3.63, 3.8) is 0 Å². The maximum Gasteiger partial charge on any atom is 0.246 e. The van der Waals surface area contributed by atoms with Crippen LogP contribution in [0.25, 0.3) is 0 Å². The minimum Gasteiger partial charge on any atom is -0.495 e. The Hall–Kier alpha value is -2.49. The van der Waals surface area contributed by atoms with Crippen molar-refractivity contribution in [1.82, 2.24) is 0 Å². The summed E-state index contributed by atoms with van der Waals surface area (Å²) >= 11 is 0. The Morgan fingerprint density at radius 3 is 2.52 bits per heavy atom. The van der Waals surface area contributed by atoms with Gasteiger partial charge >= 0.3 is 0 Å². The molecule has 0 aliphatic rings. The zero-order valence-corrected chi connectivity index (χ0v) is 12.5. The molecule has 110 valence electrons. The molecule has 1 atom stereocenters. The molecule has 0 fully saturated rings. The van der Waals surface area contributed by atoms with Gasteiger partial charge in [-0.2, -0.15) is 0 Å². The third-order valence-corrected chi connectivity index (χ3v) is 3.16. The van der Waals surface area contributed by atoms with Gasteiger partial charge in [0, 0.05) is 5.69 Å². The summed E-state index contributed by atoms with van der Waals surface area (Å²) in [6, 6.07) is 14.9. The highest BCUT2D eigenvalue weighted by Gasteiger charge is 2.14. The number of amides is 1. The SMILES string of the molecule is COc1ccc(C)cc1N[C@@H](C)C(=O)Nc1ccccc1. The smallest absolute Gasteiger partial charge is 0.246 e. The first-order valence-electron chi connectivity index (χ1n) is 6.87. The molecule has 0 spiro atoms. The second-order valence-corrected chi connectivity index (χ2v) is 4.93. The second kappa shape index (κ2) is 6.79. The summed E-state index contributed by atoms with van der Waals surface area (Å²) in [5.41, 5.74) is 2.70. The molecule has 0 saturated heterocycles. The van der Waals surface area contributed by atoms with E-state index in [2.05, 4.69) is 10.6 Å². The molecule has 2 rings (SSSR count). The van der Waals surface area contributed by atoms with Gasteiger partial charge in [-0.15, -0.1) is 0 Å². The van der Waals surface area contributed by atoms with Crippen molar-refractivity contribution in [3.05, 3.63) is 54.1 Å². The van der Waals surface area contributed by atoms with E-state index in [-0.39, 0.29) is 11.9 Å². The number of benzene rings is 2. The lowest BCUT2D eigenvalue weighted by Crippen LogP contribution is -2.32. The van der Waals surface area contributed by atoms with Crippen LogP contribution in [0.1, 0.15) is 12.5 Å². The average Bonchev–Trinajstić information content (AvgIpc) is 2.48. The van der Waals surface area contributed by atoms with Crippen LogP contribution in [0.3, 0.4) is 0 Å². The van der Waals surface area contributed by atoms with Crippen LogP contribution >= 0.6 is 0 Å². The van der Waals surface area contributed by atoms with Crippen molar-refractivity contribution in [2.24, 2.45) is 0 Å². The van der Waals surface area contributed by atoms with E-state index in [4.69, 9.17) is 4.74 Å².